The van der Waals surface area contributed by atoms with E-state index in [1.807, 2.05) is 0 Å². The fraction of sp³-hybridized carbons (Fsp3) is 0.816. The van der Waals surface area contributed by atoms with Crippen LogP contribution in [0.2, 0.25) is 0 Å². The molecule has 0 N–H and O–H groups in total. The topological polar surface area (TPSA) is 78.9 Å². The van der Waals surface area contributed by atoms with Crippen LogP contribution in [0.5, 0.6) is 0 Å². The Labute approximate surface area is 340 Å². The van der Waals surface area contributed by atoms with Gasteiger partial charge in [-0.25, -0.2) is 0 Å². The molecule has 0 aromatic heterocycles. The number of carbonyl (C=O) groups is 3. The second-order valence-electron chi connectivity index (χ2n) is 15.7. The summed E-state index contributed by atoms with van der Waals surface area (Å²) in [6.07, 6.45) is 49.8. The molecule has 0 fully saturated rings. The smallest absolute Gasteiger partial charge is 0.306 e. The molecule has 0 aliphatic rings. The monoisotopic (exact) mass is 773 g/mol. The predicted molar refractivity (Wildman–Crippen MR) is 233 cm³/mol. The third-order valence-electron chi connectivity index (χ3n) is 10.1. The van der Waals surface area contributed by atoms with E-state index in [0.717, 1.165) is 89.9 Å². The van der Waals surface area contributed by atoms with Gasteiger partial charge in [0.2, 0.25) is 0 Å². The molecule has 0 radical (unpaired) electrons. The van der Waals surface area contributed by atoms with Crippen molar-refractivity contribution in [2.24, 2.45) is 0 Å². The molecule has 6 heteroatoms. The zero-order valence-corrected chi connectivity index (χ0v) is 36.4. The first-order valence-corrected chi connectivity index (χ1v) is 23.5. The Morgan fingerprint density at radius 1 is 0.345 bits per heavy atom. The molecule has 0 heterocycles. The summed E-state index contributed by atoms with van der Waals surface area (Å²) in [6, 6.07) is 0. The summed E-state index contributed by atoms with van der Waals surface area (Å²) in [6.45, 7) is 6.55. The Morgan fingerprint density at radius 3 is 0.964 bits per heavy atom. The lowest BCUT2D eigenvalue weighted by Gasteiger charge is -2.18. The Hall–Kier alpha value is -2.37. The minimum absolute atomic E-state index is 0.0838. The zero-order chi connectivity index (χ0) is 40.1. The fourth-order valence-electron chi connectivity index (χ4n) is 6.48. The predicted octanol–water partition coefficient (Wildman–Crippen LogP) is 15.0. The SMILES string of the molecule is CCCCC/C=C\CCCCCCCC(=O)OCC(COC(=O)CCCCC/C=C\CCCCCCCC)OC(=O)CCCCCCC/C=C\CCCCC. The Morgan fingerprint density at radius 2 is 0.600 bits per heavy atom. The molecular formula is C49H88O6. The van der Waals surface area contributed by atoms with Gasteiger partial charge in [-0.2, -0.15) is 0 Å². The van der Waals surface area contributed by atoms with Gasteiger partial charge in [0.15, 0.2) is 6.10 Å². The molecule has 1 atom stereocenters. The summed E-state index contributed by atoms with van der Waals surface area (Å²) in [7, 11) is 0. The molecule has 0 spiro atoms. The van der Waals surface area contributed by atoms with E-state index in [-0.39, 0.29) is 31.1 Å². The molecule has 0 amide bonds. The number of ether oxygens (including phenoxy) is 3. The van der Waals surface area contributed by atoms with Crippen molar-refractivity contribution >= 4 is 17.9 Å². The van der Waals surface area contributed by atoms with Gasteiger partial charge in [-0.1, -0.05) is 160 Å². The molecule has 0 saturated carbocycles. The van der Waals surface area contributed by atoms with Crippen molar-refractivity contribution in [1.29, 1.82) is 0 Å². The minimum atomic E-state index is -0.781. The van der Waals surface area contributed by atoms with E-state index >= 15 is 0 Å². The second kappa shape index (κ2) is 44.3. The third-order valence-corrected chi connectivity index (χ3v) is 10.1. The van der Waals surface area contributed by atoms with Crippen LogP contribution in [-0.4, -0.2) is 37.2 Å². The highest BCUT2D eigenvalue weighted by Crippen LogP contribution is 2.13. The van der Waals surface area contributed by atoms with Gasteiger partial charge in [-0.15, -0.1) is 0 Å². The zero-order valence-electron chi connectivity index (χ0n) is 36.4. The maximum absolute atomic E-state index is 12.7. The molecule has 0 bridgehead atoms. The van der Waals surface area contributed by atoms with Crippen LogP contribution >= 0.6 is 0 Å². The van der Waals surface area contributed by atoms with E-state index < -0.39 is 6.10 Å². The first kappa shape index (κ1) is 52.6. The number of unbranched alkanes of at least 4 members (excludes halogenated alkanes) is 25. The summed E-state index contributed by atoms with van der Waals surface area (Å²) < 4.78 is 16.7. The van der Waals surface area contributed by atoms with Crippen LogP contribution in [0, 0.1) is 0 Å². The van der Waals surface area contributed by atoms with Gasteiger partial charge < -0.3 is 14.2 Å². The molecule has 0 aromatic carbocycles. The molecule has 0 aliphatic carbocycles. The normalized spacial score (nSPS) is 12.3. The van der Waals surface area contributed by atoms with Gasteiger partial charge in [0.05, 0.1) is 0 Å². The van der Waals surface area contributed by atoms with E-state index in [9.17, 15) is 14.4 Å². The maximum atomic E-state index is 12.7. The number of hydrogen-bond donors (Lipinski definition) is 0. The fourth-order valence-corrected chi connectivity index (χ4v) is 6.48. The minimum Gasteiger partial charge on any atom is -0.462 e. The molecule has 0 aliphatic heterocycles. The lowest BCUT2D eigenvalue weighted by Crippen LogP contribution is -2.30. The van der Waals surface area contributed by atoms with Crippen molar-refractivity contribution in [2.45, 2.75) is 245 Å². The summed E-state index contributed by atoms with van der Waals surface area (Å²) in [5.41, 5.74) is 0. The number of hydrogen-bond acceptors (Lipinski definition) is 6. The first-order chi connectivity index (χ1) is 27.0. The maximum Gasteiger partial charge on any atom is 0.306 e. The molecule has 1 unspecified atom stereocenters. The van der Waals surface area contributed by atoms with E-state index in [4.69, 9.17) is 14.2 Å². The van der Waals surface area contributed by atoms with Crippen LogP contribution in [0.25, 0.3) is 0 Å². The van der Waals surface area contributed by atoms with Crippen molar-refractivity contribution in [3.05, 3.63) is 36.5 Å². The van der Waals surface area contributed by atoms with Crippen molar-refractivity contribution in [2.75, 3.05) is 13.2 Å². The Balaban J connectivity index is 4.41. The van der Waals surface area contributed by atoms with Gasteiger partial charge in [0, 0.05) is 19.3 Å². The summed E-state index contributed by atoms with van der Waals surface area (Å²) in [4.78, 5) is 37.7. The van der Waals surface area contributed by atoms with Crippen LogP contribution in [0.1, 0.15) is 239 Å². The van der Waals surface area contributed by atoms with Gasteiger partial charge in [-0.05, 0) is 96.3 Å². The highest BCUT2D eigenvalue weighted by molar-refractivity contribution is 5.71. The van der Waals surface area contributed by atoms with Crippen LogP contribution in [-0.2, 0) is 28.6 Å². The second-order valence-corrected chi connectivity index (χ2v) is 15.7. The van der Waals surface area contributed by atoms with Gasteiger partial charge in [0.25, 0.3) is 0 Å². The largest absolute Gasteiger partial charge is 0.462 e. The summed E-state index contributed by atoms with van der Waals surface area (Å²) in [5, 5.41) is 0. The standard InChI is InChI=1S/C49H88O6/c1-4-7-10-13-16-19-22-25-28-30-33-36-39-42-48(51)54-45-46(55-49(52)43-40-37-34-31-27-24-21-18-15-12-9-6-3)44-53-47(50)41-38-35-32-29-26-23-20-17-14-11-8-5-2/h17-18,20-21,25,28,46H,4-16,19,22-24,26-27,29-45H2,1-3H3/b20-17-,21-18-,28-25-. The quantitative estimate of drug-likeness (QED) is 0.0266. The van der Waals surface area contributed by atoms with Crippen molar-refractivity contribution in [3.8, 4) is 0 Å². The van der Waals surface area contributed by atoms with Gasteiger partial charge in [0.1, 0.15) is 13.2 Å². The van der Waals surface area contributed by atoms with Crippen LogP contribution in [0.15, 0.2) is 36.5 Å². The number of carbonyl (C=O) groups excluding carboxylic acids is 3. The third kappa shape index (κ3) is 42.6. The lowest BCUT2D eigenvalue weighted by molar-refractivity contribution is -0.167. The van der Waals surface area contributed by atoms with Crippen LogP contribution in [0.4, 0.5) is 0 Å². The highest BCUT2D eigenvalue weighted by atomic mass is 16.6. The number of rotatable bonds is 42. The van der Waals surface area contributed by atoms with Crippen molar-refractivity contribution < 1.29 is 28.6 Å². The van der Waals surface area contributed by atoms with Crippen molar-refractivity contribution in [1.82, 2.24) is 0 Å². The van der Waals surface area contributed by atoms with Crippen molar-refractivity contribution in [3.63, 3.8) is 0 Å². The van der Waals surface area contributed by atoms with E-state index in [0.29, 0.717) is 19.3 Å². The first-order valence-electron chi connectivity index (χ1n) is 23.5. The summed E-state index contributed by atoms with van der Waals surface area (Å²) in [5.74, 6) is -0.916. The number of esters is 3. The number of allylic oxidation sites excluding steroid dienone is 6. The van der Waals surface area contributed by atoms with Crippen LogP contribution < -0.4 is 0 Å². The Kier molecular flexibility index (Phi) is 42.4. The molecular weight excluding hydrogens is 685 g/mol. The van der Waals surface area contributed by atoms with E-state index in [1.165, 1.54) is 109 Å². The molecule has 320 valence electrons. The highest BCUT2D eigenvalue weighted by Gasteiger charge is 2.19. The van der Waals surface area contributed by atoms with Gasteiger partial charge >= 0.3 is 17.9 Å². The molecule has 55 heavy (non-hydrogen) atoms. The molecule has 0 saturated heterocycles. The van der Waals surface area contributed by atoms with Crippen LogP contribution in [0.3, 0.4) is 0 Å². The van der Waals surface area contributed by atoms with E-state index in [1.54, 1.807) is 0 Å². The Bertz CT molecular complexity index is 938. The lowest BCUT2D eigenvalue weighted by atomic mass is 10.1. The van der Waals surface area contributed by atoms with E-state index in [2.05, 4.69) is 57.2 Å². The average Bonchev–Trinajstić information content (AvgIpc) is 3.18. The molecule has 6 nitrogen and oxygen atoms in total. The molecule has 0 aromatic rings. The van der Waals surface area contributed by atoms with Gasteiger partial charge in [-0.3, -0.25) is 14.4 Å². The molecule has 0 rings (SSSR count). The average molecular weight is 773 g/mol. The summed E-state index contributed by atoms with van der Waals surface area (Å²) >= 11 is 0.